The zero-order valence-corrected chi connectivity index (χ0v) is 11.0. The second-order valence-corrected chi connectivity index (χ2v) is 5.11. The van der Waals surface area contributed by atoms with Gasteiger partial charge in [-0.15, -0.1) is 0 Å². The van der Waals surface area contributed by atoms with Crippen LogP contribution in [0.4, 0.5) is 0 Å². The zero-order valence-electron chi connectivity index (χ0n) is 7.27. The van der Waals surface area contributed by atoms with Gasteiger partial charge in [0.15, 0.2) is 0 Å². The monoisotopic (exact) mass is 338 g/mol. The molecule has 0 aliphatic heterocycles. The molecule has 0 bridgehead atoms. The van der Waals surface area contributed by atoms with Gasteiger partial charge in [-0.25, -0.2) is 0 Å². The third-order valence-electron chi connectivity index (χ3n) is 1.94. The van der Waals surface area contributed by atoms with Crippen LogP contribution in [0.25, 0.3) is 0 Å². The van der Waals surface area contributed by atoms with Gasteiger partial charge >= 0.3 is 0 Å². The number of rotatable bonds is 2. The molecule has 66 valence electrons. The van der Waals surface area contributed by atoms with Crippen LogP contribution in [0.3, 0.4) is 0 Å². The van der Waals surface area contributed by atoms with E-state index in [-0.39, 0.29) is 5.41 Å². The summed E-state index contributed by atoms with van der Waals surface area (Å²) in [5.41, 5.74) is 1.65. The van der Waals surface area contributed by atoms with Crippen LogP contribution in [0.2, 0.25) is 0 Å². The average molecular weight is 339 g/mol. The third-order valence-corrected chi connectivity index (χ3v) is 4.54. The topological polar surface area (TPSA) is 0 Å². The SMILES string of the molecule is CC(C)(CI)c1ccccc1Br. The van der Waals surface area contributed by atoms with Crippen molar-refractivity contribution in [2.45, 2.75) is 19.3 Å². The number of halogens is 2. The number of benzene rings is 1. The van der Waals surface area contributed by atoms with Gasteiger partial charge in [-0.2, -0.15) is 0 Å². The zero-order chi connectivity index (χ0) is 9.19. The van der Waals surface area contributed by atoms with E-state index in [1.165, 1.54) is 10.0 Å². The van der Waals surface area contributed by atoms with Crippen LogP contribution in [0.5, 0.6) is 0 Å². The van der Waals surface area contributed by atoms with Crippen LogP contribution < -0.4 is 0 Å². The Balaban J connectivity index is 3.10. The molecule has 0 nitrogen and oxygen atoms in total. The minimum Gasteiger partial charge on any atom is -0.0854 e. The molecule has 0 spiro atoms. The highest BCUT2D eigenvalue weighted by Crippen LogP contribution is 2.31. The maximum absolute atomic E-state index is 3.57. The molecule has 1 aromatic rings. The summed E-state index contributed by atoms with van der Waals surface area (Å²) in [7, 11) is 0. The van der Waals surface area contributed by atoms with Gasteiger partial charge in [-0.05, 0) is 17.0 Å². The summed E-state index contributed by atoms with van der Waals surface area (Å²) in [6, 6.07) is 8.43. The smallest absolute Gasteiger partial charge is 0.0213 e. The molecule has 0 fully saturated rings. The van der Waals surface area contributed by atoms with Gasteiger partial charge in [-0.1, -0.05) is 70.6 Å². The number of hydrogen-bond donors (Lipinski definition) is 0. The lowest BCUT2D eigenvalue weighted by Gasteiger charge is -2.23. The Labute approximate surface area is 96.0 Å². The Hall–Kier alpha value is 0.430. The number of hydrogen-bond acceptors (Lipinski definition) is 0. The van der Waals surface area contributed by atoms with Crippen molar-refractivity contribution in [1.82, 2.24) is 0 Å². The lowest BCUT2D eigenvalue weighted by molar-refractivity contribution is 0.609. The van der Waals surface area contributed by atoms with Gasteiger partial charge in [-0.3, -0.25) is 0 Å². The van der Waals surface area contributed by atoms with Crippen molar-refractivity contribution >= 4 is 38.5 Å². The predicted octanol–water partition coefficient (Wildman–Crippen LogP) is 4.16. The van der Waals surface area contributed by atoms with E-state index in [0.29, 0.717) is 0 Å². The van der Waals surface area contributed by atoms with Crippen LogP contribution in [-0.4, -0.2) is 4.43 Å². The summed E-state index contributed by atoms with van der Waals surface area (Å²) >= 11 is 6.00. The van der Waals surface area contributed by atoms with Crippen molar-refractivity contribution in [2.75, 3.05) is 4.43 Å². The highest BCUT2D eigenvalue weighted by atomic mass is 127. The van der Waals surface area contributed by atoms with Crippen LogP contribution in [0, 0.1) is 0 Å². The summed E-state index contributed by atoms with van der Waals surface area (Å²) in [5.74, 6) is 0. The van der Waals surface area contributed by atoms with Crippen molar-refractivity contribution in [2.24, 2.45) is 0 Å². The molecule has 0 aromatic heterocycles. The van der Waals surface area contributed by atoms with Crippen molar-refractivity contribution < 1.29 is 0 Å². The van der Waals surface area contributed by atoms with Crippen LogP contribution in [0.1, 0.15) is 19.4 Å². The van der Waals surface area contributed by atoms with E-state index < -0.39 is 0 Å². The second kappa shape index (κ2) is 4.09. The summed E-state index contributed by atoms with van der Waals surface area (Å²) in [6.07, 6.45) is 0. The average Bonchev–Trinajstić information content (AvgIpc) is 2.05. The van der Waals surface area contributed by atoms with Crippen LogP contribution in [-0.2, 0) is 5.41 Å². The third kappa shape index (κ3) is 2.22. The van der Waals surface area contributed by atoms with Gasteiger partial charge in [0.1, 0.15) is 0 Å². The van der Waals surface area contributed by atoms with E-state index >= 15 is 0 Å². The Morgan fingerprint density at radius 3 is 2.42 bits per heavy atom. The van der Waals surface area contributed by atoms with Gasteiger partial charge in [0, 0.05) is 8.90 Å². The van der Waals surface area contributed by atoms with E-state index in [4.69, 9.17) is 0 Å². The minimum absolute atomic E-state index is 0.265. The molecule has 2 heteroatoms. The first-order chi connectivity index (χ1) is 5.58. The Morgan fingerprint density at radius 2 is 1.92 bits per heavy atom. The molecule has 0 amide bonds. The summed E-state index contributed by atoms with van der Waals surface area (Å²) in [5, 5.41) is 0. The van der Waals surface area contributed by atoms with Crippen LogP contribution in [0.15, 0.2) is 28.7 Å². The second-order valence-electron chi connectivity index (χ2n) is 3.50. The fourth-order valence-corrected chi connectivity index (χ4v) is 2.31. The molecule has 0 atom stereocenters. The normalized spacial score (nSPS) is 11.7. The lowest BCUT2D eigenvalue weighted by atomic mass is 9.87. The van der Waals surface area contributed by atoms with E-state index in [2.05, 4.69) is 76.6 Å². The molecule has 0 unspecified atom stereocenters. The standard InChI is InChI=1S/C10H12BrI/c1-10(2,7-12)8-5-3-4-6-9(8)11/h3-6H,7H2,1-2H3. The van der Waals surface area contributed by atoms with Gasteiger partial charge in [0.05, 0.1) is 0 Å². The maximum atomic E-state index is 3.57. The first kappa shape index (κ1) is 10.5. The fraction of sp³-hybridized carbons (Fsp3) is 0.400. The molecule has 1 rings (SSSR count). The molecule has 0 aliphatic rings. The van der Waals surface area contributed by atoms with Gasteiger partial charge in [0.2, 0.25) is 0 Å². The number of alkyl halides is 1. The van der Waals surface area contributed by atoms with Gasteiger partial charge < -0.3 is 0 Å². The first-order valence-electron chi connectivity index (χ1n) is 3.89. The molecule has 0 heterocycles. The largest absolute Gasteiger partial charge is 0.0854 e. The molecule has 0 N–H and O–H groups in total. The van der Waals surface area contributed by atoms with Crippen LogP contribution >= 0.6 is 38.5 Å². The lowest BCUT2D eigenvalue weighted by Crippen LogP contribution is -2.19. The predicted molar refractivity (Wildman–Crippen MR) is 66.1 cm³/mol. The molecule has 0 radical (unpaired) electrons. The summed E-state index contributed by atoms with van der Waals surface area (Å²) < 4.78 is 2.35. The Kier molecular flexibility index (Phi) is 3.58. The maximum Gasteiger partial charge on any atom is 0.0213 e. The molecular weight excluding hydrogens is 327 g/mol. The fourth-order valence-electron chi connectivity index (χ4n) is 1.08. The molecule has 0 aliphatic carbocycles. The van der Waals surface area contributed by atoms with E-state index in [9.17, 15) is 0 Å². The van der Waals surface area contributed by atoms with E-state index in [0.717, 1.165) is 4.43 Å². The highest BCUT2D eigenvalue weighted by molar-refractivity contribution is 14.1. The minimum atomic E-state index is 0.265. The van der Waals surface area contributed by atoms with E-state index in [1.807, 2.05) is 0 Å². The summed E-state index contributed by atoms with van der Waals surface area (Å²) in [4.78, 5) is 0. The Bertz CT molecular complexity index is 268. The molecular formula is C10H12BrI. The quantitative estimate of drug-likeness (QED) is 0.561. The first-order valence-corrected chi connectivity index (χ1v) is 6.21. The molecule has 12 heavy (non-hydrogen) atoms. The van der Waals surface area contributed by atoms with Gasteiger partial charge in [0.25, 0.3) is 0 Å². The van der Waals surface area contributed by atoms with Crippen molar-refractivity contribution in [3.05, 3.63) is 34.3 Å². The van der Waals surface area contributed by atoms with Crippen molar-refractivity contribution in [3.8, 4) is 0 Å². The summed E-state index contributed by atoms with van der Waals surface area (Å²) in [6.45, 7) is 4.53. The highest BCUT2D eigenvalue weighted by Gasteiger charge is 2.20. The van der Waals surface area contributed by atoms with Crippen molar-refractivity contribution in [3.63, 3.8) is 0 Å². The Morgan fingerprint density at radius 1 is 1.33 bits per heavy atom. The van der Waals surface area contributed by atoms with E-state index in [1.54, 1.807) is 0 Å². The van der Waals surface area contributed by atoms with Crippen molar-refractivity contribution in [1.29, 1.82) is 0 Å². The molecule has 0 saturated heterocycles. The molecule has 0 saturated carbocycles. The molecule has 1 aromatic carbocycles.